The number of benzene rings is 3. The zero-order valence-electron chi connectivity index (χ0n) is 15.7. The first kappa shape index (κ1) is 18.1. The summed E-state index contributed by atoms with van der Waals surface area (Å²) in [7, 11) is 3.29. The van der Waals surface area contributed by atoms with Gasteiger partial charge in [0.05, 0.1) is 25.6 Å². The van der Waals surface area contributed by atoms with Crippen LogP contribution in [0.25, 0.3) is 16.9 Å². The third kappa shape index (κ3) is 3.57. The van der Waals surface area contributed by atoms with Gasteiger partial charge >= 0.3 is 0 Å². The molecule has 3 aromatic carbocycles. The van der Waals surface area contributed by atoms with Gasteiger partial charge < -0.3 is 9.47 Å². The summed E-state index contributed by atoms with van der Waals surface area (Å²) in [6, 6.07) is 26.2. The molecule has 5 heteroatoms. The van der Waals surface area contributed by atoms with Gasteiger partial charge in [0, 0.05) is 16.6 Å². The highest BCUT2D eigenvalue weighted by atomic mass is 32.1. The minimum absolute atomic E-state index is 0.701. The van der Waals surface area contributed by atoms with Crippen LogP contribution in [0.4, 0.5) is 5.69 Å². The predicted molar refractivity (Wildman–Crippen MR) is 114 cm³/mol. The van der Waals surface area contributed by atoms with Crippen LogP contribution in [-0.4, -0.2) is 18.8 Å². The molecule has 0 amide bonds. The summed E-state index contributed by atoms with van der Waals surface area (Å²) in [6.45, 7) is 0. The van der Waals surface area contributed by atoms with Crippen LogP contribution < -0.4 is 14.3 Å². The van der Waals surface area contributed by atoms with E-state index >= 15 is 0 Å². The molecule has 0 spiro atoms. The molecule has 140 valence electrons. The lowest BCUT2D eigenvalue weighted by Crippen LogP contribution is -2.13. The summed E-state index contributed by atoms with van der Waals surface area (Å²) in [5, 5.41) is 2.12. The van der Waals surface area contributed by atoms with Crippen LogP contribution in [0, 0.1) is 0 Å². The van der Waals surface area contributed by atoms with E-state index in [0.29, 0.717) is 11.5 Å². The summed E-state index contributed by atoms with van der Waals surface area (Å²) in [5.41, 5.74) is 4.07. The van der Waals surface area contributed by atoms with E-state index in [1.807, 2.05) is 66.7 Å². The highest BCUT2D eigenvalue weighted by molar-refractivity contribution is 7.07. The van der Waals surface area contributed by atoms with Crippen LogP contribution in [0.5, 0.6) is 11.5 Å². The Balaban J connectivity index is 1.93. The summed E-state index contributed by atoms with van der Waals surface area (Å²) in [6.07, 6.45) is 0. The Hall–Kier alpha value is -3.31. The van der Waals surface area contributed by atoms with Crippen molar-refractivity contribution >= 4 is 17.0 Å². The van der Waals surface area contributed by atoms with E-state index in [0.717, 1.165) is 27.4 Å². The maximum Gasteiger partial charge on any atom is 0.195 e. The van der Waals surface area contributed by atoms with E-state index in [9.17, 15) is 0 Å². The lowest BCUT2D eigenvalue weighted by molar-refractivity contribution is 0.355. The average Bonchev–Trinajstić information content (AvgIpc) is 3.18. The fraction of sp³-hybridized carbons (Fsp3) is 0.0870. The average molecular weight is 388 g/mol. The van der Waals surface area contributed by atoms with Gasteiger partial charge in [-0.15, -0.1) is 11.3 Å². The van der Waals surface area contributed by atoms with E-state index in [4.69, 9.17) is 14.5 Å². The smallest absolute Gasteiger partial charge is 0.195 e. The standard InChI is InChI=1S/C23H20N2O2S/c1-26-21-14-13-17(15-22(21)27-2)20-16-28-23(24-18-9-5-3-6-10-18)25(20)19-11-7-4-8-12-19/h3-16H,1-2H3. The van der Waals surface area contributed by atoms with Crippen molar-refractivity contribution < 1.29 is 9.47 Å². The zero-order chi connectivity index (χ0) is 19.3. The second-order valence-electron chi connectivity index (χ2n) is 6.09. The predicted octanol–water partition coefficient (Wildman–Crippen LogP) is 5.46. The van der Waals surface area contributed by atoms with Crippen LogP contribution in [0.2, 0.25) is 0 Å². The maximum absolute atomic E-state index is 5.49. The molecule has 0 bridgehead atoms. The fourth-order valence-electron chi connectivity index (χ4n) is 3.03. The SMILES string of the molecule is COc1ccc(-c2csc(=Nc3ccccc3)n2-c2ccccc2)cc1OC. The molecule has 0 saturated heterocycles. The Morgan fingerprint density at radius 3 is 2.14 bits per heavy atom. The monoisotopic (exact) mass is 388 g/mol. The van der Waals surface area contributed by atoms with Crippen molar-refractivity contribution in [3.05, 3.63) is 89.0 Å². The van der Waals surface area contributed by atoms with E-state index < -0.39 is 0 Å². The molecule has 0 aliphatic rings. The topological polar surface area (TPSA) is 35.8 Å². The summed E-state index contributed by atoms with van der Waals surface area (Å²) >= 11 is 1.61. The van der Waals surface area contributed by atoms with Gasteiger partial charge in [0.25, 0.3) is 0 Å². The van der Waals surface area contributed by atoms with Crippen LogP contribution >= 0.6 is 11.3 Å². The molecule has 0 atom stereocenters. The first-order valence-corrected chi connectivity index (χ1v) is 9.76. The second kappa shape index (κ2) is 8.15. The van der Waals surface area contributed by atoms with Gasteiger partial charge in [-0.1, -0.05) is 36.4 Å². The van der Waals surface area contributed by atoms with Gasteiger partial charge in [0.1, 0.15) is 0 Å². The quantitative estimate of drug-likeness (QED) is 0.455. The molecule has 1 aromatic heterocycles. The van der Waals surface area contributed by atoms with Crippen molar-refractivity contribution in [3.63, 3.8) is 0 Å². The van der Waals surface area contributed by atoms with E-state index in [-0.39, 0.29) is 0 Å². The number of aromatic nitrogens is 1. The van der Waals surface area contributed by atoms with E-state index in [1.165, 1.54) is 0 Å². The molecule has 28 heavy (non-hydrogen) atoms. The summed E-state index contributed by atoms with van der Waals surface area (Å²) in [5.74, 6) is 1.41. The van der Waals surface area contributed by atoms with Gasteiger partial charge in [-0.2, -0.15) is 0 Å². The Labute approximate surface area is 168 Å². The Bertz CT molecular complexity index is 1130. The maximum atomic E-state index is 5.49. The second-order valence-corrected chi connectivity index (χ2v) is 6.93. The molecule has 0 aliphatic carbocycles. The van der Waals surface area contributed by atoms with Crippen molar-refractivity contribution in [2.45, 2.75) is 0 Å². The van der Waals surface area contributed by atoms with Gasteiger partial charge in [0.15, 0.2) is 16.3 Å². The molecular formula is C23H20N2O2S. The molecule has 4 aromatic rings. The molecule has 0 aliphatic heterocycles. The fourth-order valence-corrected chi connectivity index (χ4v) is 3.95. The first-order chi connectivity index (χ1) is 13.8. The van der Waals surface area contributed by atoms with Crippen LogP contribution in [-0.2, 0) is 0 Å². The number of ether oxygens (including phenoxy) is 2. The summed E-state index contributed by atoms with van der Waals surface area (Å²) in [4.78, 5) is 5.77. The first-order valence-electron chi connectivity index (χ1n) is 8.88. The number of para-hydroxylation sites is 2. The van der Waals surface area contributed by atoms with Gasteiger partial charge in [-0.05, 0) is 42.5 Å². The third-order valence-corrected chi connectivity index (χ3v) is 5.21. The number of hydrogen-bond donors (Lipinski definition) is 0. The van der Waals surface area contributed by atoms with Gasteiger partial charge in [-0.3, -0.25) is 4.57 Å². The van der Waals surface area contributed by atoms with Gasteiger partial charge in [-0.25, -0.2) is 4.99 Å². The summed E-state index contributed by atoms with van der Waals surface area (Å²) < 4.78 is 13.0. The number of rotatable bonds is 5. The van der Waals surface area contributed by atoms with Crippen molar-refractivity contribution in [1.29, 1.82) is 0 Å². The molecule has 0 N–H and O–H groups in total. The van der Waals surface area contributed by atoms with E-state index in [2.05, 4.69) is 22.1 Å². The molecule has 4 rings (SSSR count). The van der Waals surface area contributed by atoms with Crippen LogP contribution in [0.1, 0.15) is 0 Å². The zero-order valence-corrected chi connectivity index (χ0v) is 16.5. The highest BCUT2D eigenvalue weighted by Crippen LogP contribution is 2.33. The number of thiazole rings is 1. The van der Waals surface area contributed by atoms with Crippen LogP contribution in [0.3, 0.4) is 0 Å². The molecule has 1 heterocycles. The number of hydrogen-bond acceptors (Lipinski definition) is 4. The molecule has 4 nitrogen and oxygen atoms in total. The Kier molecular flexibility index (Phi) is 5.26. The molecule has 0 fully saturated rings. The normalized spacial score (nSPS) is 11.4. The van der Waals surface area contributed by atoms with Crippen molar-refractivity contribution in [2.24, 2.45) is 4.99 Å². The van der Waals surface area contributed by atoms with Crippen molar-refractivity contribution in [2.75, 3.05) is 14.2 Å². The lowest BCUT2D eigenvalue weighted by atomic mass is 10.1. The highest BCUT2D eigenvalue weighted by Gasteiger charge is 2.13. The number of methoxy groups -OCH3 is 2. The van der Waals surface area contributed by atoms with Crippen LogP contribution in [0.15, 0.2) is 89.2 Å². The minimum atomic E-state index is 0.701. The van der Waals surface area contributed by atoms with Crippen molar-refractivity contribution in [1.82, 2.24) is 4.57 Å². The molecule has 0 saturated carbocycles. The lowest BCUT2D eigenvalue weighted by Gasteiger charge is -2.12. The minimum Gasteiger partial charge on any atom is -0.493 e. The van der Waals surface area contributed by atoms with Crippen molar-refractivity contribution in [3.8, 4) is 28.4 Å². The largest absolute Gasteiger partial charge is 0.493 e. The van der Waals surface area contributed by atoms with Gasteiger partial charge in [0.2, 0.25) is 0 Å². The Morgan fingerprint density at radius 1 is 0.786 bits per heavy atom. The Morgan fingerprint density at radius 2 is 1.46 bits per heavy atom. The third-order valence-electron chi connectivity index (χ3n) is 4.38. The molecule has 0 unspecified atom stereocenters. The number of nitrogens with zero attached hydrogens (tertiary/aromatic N) is 2. The molecular weight excluding hydrogens is 368 g/mol. The molecule has 0 radical (unpaired) electrons. The van der Waals surface area contributed by atoms with E-state index in [1.54, 1.807) is 25.6 Å².